The molecule has 1 atom stereocenters. The van der Waals surface area contributed by atoms with E-state index in [2.05, 4.69) is 0 Å². The minimum absolute atomic E-state index is 0.227. The van der Waals surface area contributed by atoms with Gasteiger partial charge in [-0.1, -0.05) is 36.4 Å². The number of rotatable bonds is 5. The second-order valence-corrected chi connectivity index (χ2v) is 4.54. The van der Waals surface area contributed by atoms with E-state index < -0.39 is 6.10 Å². The van der Waals surface area contributed by atoms with Crippen molar-refractivity contribution in [2.24, 2.45) is 5.73 Å². The first-order valence-corrected chi connectivity index (χ1v) is 6.36. The van der Waals surface area contributed by atoms with Crippen LogP contribution in [-0.4, -0.2) is 11.7 Å². The van der Waals surface area contributed by atoms with Gasteiger partial charge < -0.3 is 15.6 Å². The predicted molar refractivity (Wildman–Crippen MR) is 76.0 cm³/mol. The van der Waals surface area contributed by atoms with Crippen molar-refractivity contribution in [1.82, 2.24) is 0 Å². The van der Waals surface area contributed by atoms with Gasteiger partial charge in [0.15, 0.2) is 0 Å². The highest BCUT2D eigenvalue weighted by Crippen LogP contribution is 2.22. The molecule has 3 heteroatoms. The Morgan fingerprint density at radius 2 is 1.89 bits per heavy atom. The SMILES string of the molecule is Cc1cc(OCc2ccccc2)ccc1C(O)CN. The summed E-state index contributed by atoms with van der Waals surface area (Å²) in [6.07, 6.45) is -0.608. The maximum absolute atomic E-state index is 9.74. The highest BCUT2D eigenvalue weighted by Gasteiger charge is 2.09. The summed E-state index contributed by atoms with van der Waals surface area (Å²) in [5, 5.41) is 9.74. The standard InChI is InChI=1S/C16H19NO2/c1-12-9-14(7-8-15(12)16(18)10-17)19-11-13-5-3-2-4-6-13/h2-9,16,18H,10-11,17H2,1H3. The zero-order valence-electron chi connectivity index (χ0n) is 11.0. The summed E-state index contributed by atoms with van der Waals surface area (Å²) in [5.41, 5.74) is 8.44. The van der Waals surface area contributed by atoms with E-state index in [0.29, 0.717) is 6.61 Å². The smallest absolute Gasteiger partial charge is 0.120 e. The van der Waals surface area contributed by atoms with Gasteiger partial charge in [0.2, 0.25) is 0 Å². The Hall–Kier alpha value is -1.84. The molecular weight excluding hydrogens is 238 g/mol. The van der Waals surface area contributed by atoms with Crippen LogP contribution in [0.1, 0.15) is 22.8 Å². The first kappa shape index (κ1) is 13.6. The molecule has 0 aliphatic carbocycles. The number of ether oxygens (including phenoxy) is 1. The van der Waals surface area contributed by atoms with E-state index >= 15 is 0 Å². The normalized spacial score (nSPS) is 12.2. The maximum atomic E-state index is 9.74. The highest BCUT2D eigenvalue weighted by atomic mass is 16.5. The molecule has 0 bridgehead atoms. The van der Waals surface area contributed by atoms with E-state index in [0.717, 1.165) is 22.4 Å². The lowest BCUT2D eigenvalue weighted by Crippen LogP contribution is -2.12. The lowest BCUT2D eigenvalue weighted by atomic mass is 10.0. The van der Waals surface area contributed by atoms with Gasteiger partial charge in [0.25, 0.3) is 0 Å². The van der Waals surface area contributed by atoms with Crippen molar-refractivity contribution in [3.63, 3.8) is 0 Å². The van der Waals surface area contributed by atoms with Crippen molar-refractivity contribution >= 4 is 0 Å². The van der Waals surface area contributed by atoms with Crippen LogP contribution in [0.25, 0.3) is 0 Å². The molecule has 0 aliphatic heterocycles. The van der Waals surface area contributed by atoms with E-state index in [9.17, 15) is 5.11 Å². The average Bonchev–Trinajstić information content (AvgIpc) is 2.45. The van der Waals surface area contributed by atoms with Crippen LogP contribution >= 0.6 is 0 Å². The third kappa shape index (κ3) is 3.56. The third-order valence-electron chi connectivity index (χ3n) is 3.07. The molecule has 3 N–H and O–H groups in total. The van der Waals surface area contributed by atoms with Crippen LogP contribution in [0.3, 0.4) is 0 Å². The van der Waals surface area contributed by atoms with Gasteiger partial charge in [-0.25, -0.2) is 0 Å². The summed E-state index contributed by atoms with van der Waals surface area (Å²) in [6.45, 7) is 2.72. The van der Waals surface area contributed by atoms with Crippen molar-refractivity contribution in [3.8, 4) is 5.75 Å². The molecule has 1 unspecified atom stereocenters. The fourth-order valence-corrected chi connectivity index (χ4v) is 1.98. The van der Waals surface area contributed by atoms with Gasteiger partial charge in [0.05, 0.1) is 6.10 Å². The molecule has 0 saturated heterocycles. The van der Waals surface area contributed by atoms with Crippen molar-refractivity contribution in [1.29, 1.82) is 0 Å². The van der Waals surface area contributed by atoms with E-state index in [4.69, 9.17) is 10.5 Å². The molecular formula is C16H19NO2. The zero-order valence-corrected chi connectivity index (χ0v) is 11.0. The topological polar surface area (TPSA) is 55.5 Å². The fourth-order valence-electron chi connectivity index (χ4n) is 1.98. The molecule has 2 rings (SSSR count). The molecule has 0 fully saturated rings. The number of aliphatic hydroxyl groups excluding tert-OH is 1. The molecule has 100 valence electrons. The van der Waals surface area contributed by atoms with Crippen molar-refractivity contribution in [2.45, 2.75) is 19.6 Å². The van der Waals surface area contributed by atoms with Crippen molar-refractivity contribution in [3.05, 3.63) is 65.2 Å². The van der Waals surface area contributed by atoms with Crippen LogP contribution in [0.5, 0.6) is 5.75 Å². The summed E-state index contributed by atoms with van der Waals surface area (Å²) >= 11 is 0. The Morgan fingerprint density at radius 1 is 1.16 bits per heavy atom. The minimum atomic E-state index is -0.608. The first-order valence-electron chi connectivity index (χ1n) is 6.36. The Bertz CT molecular complexity index is 526. The number of aryl methyl sites for hydroxylation is 1. The number of hydrogen-bond acceptors (Lipinski definition) is 3. The zero-order chi connectivity index (χ0) is 13.7. The number of nitrogens with two attached hydrogens (primary N) is 1. The second-order valence-electron chi connectivity index (χ2n) is 4.54. The van der Waals surface area contributed by atoms with E-state index in [1.165, 1.54) is 0 Å². The predicted octanol–water partition coefficient (Wildman–Crippen LogP) is 2.57. The summed E-state index contributed by atoms with van der Waals surface area (Å²) in [7, 11) is 0. The van der Waals surface area contributed by atoms with Crippen LogP contribution in [-0.2, 0) is 6.61 Å². The van der Waals surface area contributed by atoms with Gasteiger partial charge in [-0.3, -0.25) is 0 Å². The van der Waals surface area contributed by atoms with E-state index in [1.807, 2.05) is 55.5 Å². The Kier molecular flexibility index (Phi) is 4.55. The molecule has 0 spiro atoms. The molecule has 2 aromatic carbocycles. The van der Waals surface area contributed by atoms with Gasteiger partial charge in [0, 0.05) is 6.54 Å². The molecule has 0 saturated carbocycles. The summed E-state index contributed by atoms with van der Waals surface area (Å²) in [6, 6.07) is 15.7. The van der Waals surface area contributed by atoms with Crippen molar-refractivity contribution < 1.29 is 9.84 Å². The molecule has 3 nitrogen and oxygen atoms in total. The monoisotopic (exact) mass is 257 g/mol. The number of hydrogen-bond donors (Lipinski definition) is 2. The first-order chi connectivity index (χ1) is 9.20. The molecule has 0 aromatic heterocycles. The van der Waals surface area contributed by atoms with E-state index in [1.54, 1.807) is 0 Å². The van der Waals surface area contributed by atoms with Crippen LogP contribution in [0.2, 0.25) is 0 Å². The Labute approximate surface area is 113 Å². The van der Waals surface area contributed by atoms with Crippen LogP contribution in [0.15, 0.2) is 48.5 Å². The van der Waals surface area contributed by atoms with Crippen molar-refractivity contribution in [2.75, 3.05) is 6.54 Å². The number of aliphatic hydroxyl groups is 1. The van der Waals surface area contributed by atoms with Gasteiger partial charge in [-0.15, -0.1) is 0 Å². The highest BCUT2D eigenvalue weighted by molar-refractivity contribution is 5.36. The van der Waals surface area contributed by atoms with Crippen LogP contribution in [0.4, 0.5) is 0 Å². The maximum Gasteiger partial charge on any atom is 0.120 e. The number of benzene rings is 2. The fraction of sp³-hybridized carbons (Fsp3) is 0.250. The van der Waals surface area contributed by atoms with Gasteiger partial charge in [0.1, 0.15) is 12.4 Å². The lowest BCUT2D eigenvalue weighted by molar-refractivity contribution is 0.186. The average molecular weight is 257 g/mol. The summed E-state index contributed by atoms with van der Waals surface area (Å²) in [4.78, 5) is 0. The van der Waals surface area contributed by atoms with Crippen LogP contribution in [0, 0.1) is 6.92 Å². The van der Waals surface area contributed by atoms with E-state index in [-0.39, 0.29) is 6.54 Å². The largest absolute Gasteiger partial charge is 0.489 e. The lowest BCUT2D eigenvalue weighted by Gasteiger charge is -2.13. The summed E-state index contributed by atoms with van der Waals surface area (Å²) in [5.74, 6) is 0.800. The Morgan fingerprint density at radius 3 is 2.53 bits per heavy atom. The van der Waals surface area contributed by atoms with Gasteiger partial charge >= 0.3 is 0 Å². The van der Waals surface area contributed by atoms with Gasteiger partial charge in [-0.05, 0) is 35.7 Å². The molecule has 2 aromatic rings. The molecule has 0 heterocycles. The minimum Gasteiger partial charge on any atom is -0.489 e. The molecule has 0 aliphatic rings. The Balaban J connectivity index is 2.04. The second kappa shape index (κ2) is 6.36. The van der Waals surface area contributed by atoms with Gasteiger partial charge in [-0.2, -0.15) is 0 Å². The molecule has 0 radical (unpaired) electrons. The summed E-state index contributed by atoms with van der Waals surface area (Å²) < 4.78 is 5.73. The molecule has 19 heavy (non-hydrogen) atoms. The third-order valence-corrected chi connectivity index (χ3v) is 3.07. The van der Waals surface area contributed by atoms with Crippen LogP contribution < -0.4 is 10.5 Å². The molecule has 0 amide bonds. The quantitative estimate of drug-likeness (QED) is 0.865.